The fraction of sp³-hybridized carbons (Fsp3) is 0.143. The Kier molecular flexibility index (Phi) is 6.63. The molecular weight excluding hydrogens is 243 g/mol. The highest BCUT2D eigenvalue weighted by Crippen LogP contribution is 1.99. The van der Waals surface area contributed by atoms with Crippen molar-refractivity contribution in [3.05, 3.63) is 33.9 Å². The summed E-state index contributed by atoms with van der Waals surface area (Å²) in [5.41, 5.74) is 0. The molecule has 0 heterocycles. The van der Waals surface area contributed by atoms with Gasteiger partial charge in [0, 0.05) is 3.57 Å². The molecule has 2 heteroatoms. The highest BCUT2D eigenvalue weighted by atomic mass is 127. The van der Waals surface area contributed by atoms with Crippen LogP contribution in [0.15, 0.2) is 30.3 Å². The Morgan fingerprint density at radius 2 is 1.56 bits per heavy atom. The standard InChI is InChI=1S/C6H5I.CH4S/c7-6-4-2-1-3-5-6;1-2/h1-5H;2H,1H3. The minimum absolute atomic E-state index is 1.29. The monoisotopic (exact) mass is 252 g/mol. The lowest BCUT2D eigenvalue weighted by atomic mass is 10.4. The van der Waals surface area contributed by atoms with Crippen LogP contribution in [0, 0.1) is 3.57 Å². The third-order valence-electron chi connectivity index (χ3n) is 0.733. The van der Waals surface area contributed by atoms with E-state index in [1.807, 2.05) is 18.2 Å². The summed E-state index contributed by atoms with van der Waals surface area (Å²) in [4.78, 5) is 0. The molecule has 50 valence electrons. The number of hydrogen-bond acceptors (Lipinski definition) is 1. The van der Waals surface area contributed by atoms with Gasteiger partial charge in [-0.2, -0.15) is 12.6 Å². The summed E-state index contributed by atoms with van der Waals surface area (Å²) in [5, 5.41) is 0. The molecule has 0 aliphatic rings. The maximum Gasteiger partial charge on any atom is 0.0130 e. The molecule has 0 atom stereocenters. The van der Waals surface area contributed by atoms with Crippen LogP contribution in [0.2, 0.25) is 0 Å². The number of benzene rings is 1. The van der Waals surface area contributed by atoms with Crippen molar-refractivity contribution >= 4 is 35.2 Å². The number of hydrogen-bond donors (Lipinski definition) is 1. The lowest BCUT2D eigenvalue weighted by molar-refractivity contribution is 1.65. The lowest BCUT2D eigenvalue weighted by Gasteiger charge is -1.80. The summed E-state index contributed by atoms with van der Waals surface area (Å²) in [6.07, 6.45) is 1.69. The van der Waals surface area contributed by atoms with E-state index in [1.165, 1.54) is 3.57 Å². The molecule has 0 aliphatic carbocycles. The molecule has 0 aromatic heterocycles. The van der Waals surface area contributed by atoms with Crippen LogP contribution in [0.5, 0.6) is 0 Å². The Labute approximate surface area is 75.2 Å². The van der Waals surface area contributed by atoms with Crippen LogP contribution < -0.4 is 0 Å². The third kappa shape index (κ3) is 4.78. The molecular formula is C7H9IS. The Morgan fingerprint density at radius 3 is 1.78 bits per heavy atom. The maximum absolute atomic E-state index is 3.53. The van der Waals surface area contributed by atoms with Crippen LogP contribution in [-0.2, 0) is 0 Å². The minimum atomic E-state index is 1.29. The quantitative estimate of drug-likeness (QED) is 0.532. The summed E-state index contributed by atoms with van der Waals surface area (Å²) < 4.78 is 1.29. The fourth-order valence-electron chi connectivity index (χ4n) is 0.415. The molecule has 0 N–H and O–H groups in total. The average molecular weight is 252 g/mol. The van der Waals surface area contributed by atoms with Crippen molar-refractivity contribution in [3.63, 3.8) is 0 Å². The largest absolute Gasteiger partial charge is 0.183 e. The SMILES string of the molecule is CS.Ic1ccccc1. The van der Waals surface area contributed by atoms with Gasteiger partial charge >= 0.3 is 0 Å². The molecule has 0 nitrogen and oxygen atoms in total. The van der Waals surface area contributed by atoms with Gasteiger partial charge in [0.1, 0.15) is 0 Å². The van der Waals surface area contributed by atoms with E-state index in [2.05, 4.69) is 47.4 Å². The van der Waals surface area contributed by atoms with Gasteiger partial charge in [-0.25, -0.2) is 0 Å². The van der Waals surface area contributed by atoms with Gasteiger partial charge in [-0.1, -0.05) is 18.2 Å². The van der Waals surface area contributed by atoms with Gasteiger partial charge in [0.05, 0.1) is 0 Å². The molecule has 0 bridgehead atoms. The van der Waals surface area contributed by atoms with Gasteiger partial charge in [-0.05, 0) is 41.0 Å². The molecule has 0 fully saturated rings. The van der Waals surface area contributed by atoms with E-state index in [-0.39, 0.29) is 0 Å². The zero-order valence-electron chi connectivity index (χ0n) is 5.21. The van der Waals surface area contributed by atoms with Gasteiger partial charge in [0.15, 0.2) is 0 Å². The Bertz CT molecular complexity index is 139. The number of halogens is 1. The summed E-state index contributed by atoms with van der Waals surface area (Å²) in [5.74, 6) is 0. The van der Waals surface area contributed by atoms with E-state index < -0.39 is 0 Å². The third-order valence-corrected chi connectivity index (χ3v) is 1.45. The maximum atomic E-state index is 3.53. The molecule has 1 aromatic carbocycles. The Morgan fingerprint density at radius 1 is 1.11 bits per heavy atom. The summed E-state index contributed by atoms with van der Waals surface area (Å²) in [6, 6.07) is 10.2. The molecule has 1 rings (SSSR count). The average Bonchev–Trinajstić information content (AvgIpc) is 1.94. The van der Waals surface area contributed by atoms with Gasteiger partial charge in [0.25, 0.3) is 0 Å². The molecule has 1 aromatic rings. The van der Waals surface area contributed by atoms with E-state index in [4.69, 9.17) is 0 Å². The van der Waals surface area contributed by atoms with Crippen LogP contribution in [-0.4, -0.2) is 6.26 Å². The van der Waals surface area contributed by atoms with Gasteiger partial charge < -0.3 is 0 Å². The van der Waals surface area contributed by atoms with Gasteiger partial charge in [-0.3, -0.25) is 0 Å². The van der Waals surface area contributed by atoms with Crippen molar-refractivity contribution in [1.82, 2.24) is 0 Å². The van der Waals surface area contributed by atoms with E-state index in [0.717, 1.165) is 0 Å². The van der Waals surface area contributed by atoms with Crippen LogP contribution in [0.4, 0.5) is 0 Å². The topological polar surface area (TPSA) is 0 Å². The molecule has 0 saturated heterocycles. The zero-order valence-corrected chi connectivity index (χ0v) is 8.26. The van der Waals surface area contributed by atoms with Crippen LogP contribution >= 0.6 is 35.2 Å². The second kappa shape index (κ2) is 6.42. The first-order valence-electron chi connectivity index (χ1n) is 2.55. The van der Waals surface area contributed by atoms with Crippen LogP contribution in [0.3, 0.4) is 0 Å². The van der Waals surface area contributed by atoms with Crippen LogP contribution in [0.25, 0.3) is 0 Å². The van der Waals surface area contributed by atoms with E-state index in [1.54, 1.807) is 6.26 Å². The fourth-order valence-corrected chi connectivity index (χ4v) is 0.830. The molecule has 0 spiro atoms. The van der Waals surface area contributed by atoms with Crippen LogP contribution in [0.1, 0.15) is 0 Å². The van der Waals surface area contributed by atoms with Gasteiger partial charge in [-0.15, -0.1) is 0 Å². The van der Waals surface area contributed by atoms with E-state index in [0.29, 0.717) is 0 Å². The molecule has 0 saturated carbocycles. The van der Waals surface area contributed by atoms with Crippen molar-refractivity contribution in [1.29, 1.82) is 0 Å². The second-order valence-corrected chi connectivity index (χ2v) is 2.54. The highest BCUT2D eigenvalue weighted by molar-refractivity contribution is 14.1. The van der Waals surface area contributed by atoms with Gasteiger partial charge in [0.2, 0.25) is 0 Å². The number of rotatable bonds is 0. The smallest absolute Gasteiger partial charge is 0.0130 e. The summed E-state index contributed by atoms with van der Waals surface area (Å²) >= 11 is 5.81. The first-order chi connectivity index (χ1) is 4.39. The van der Waals surface area contributed by atoms with Crippen molar-refractivity contribution in [2.24, 2.45) is 0 Å². The summed E-state index contributed by atoms with van der Waals surface area (Å²) in [7, 11) is 0. The Hall–Kier alpha value is 0.300. The predicted octanol–water partition coefficient (Wildman–Crippen LogP) is 2.84. The summed E-state index contributed by atoms with van der Waals surface area (Å²) in [6.45, 7) is 0. The Balaban J connectivity index is 0.000000291. The first kappa shape index (κ1) is 9.30. The second-order valence-electron chi connectivity index (χ2n) is 1.30. The van der Waals surface area contributed by atoms with Crippen molar-refractivity contribution in [3.8, 4) is 0 Å². The van der Waals surface area contributed by atoms with E-state index in [9.17, 15) is 0 Å². The van der Waals surface area contributed by atoms with Crippen molar-refractivity contribution < 1.29 is 0 Å². The molecule has 9 heavy (non-hydrogen) atoms. The predicted molar refractivity (Wildman–Crippen MR) is 54.1 cm³/mol. The highest BCUT2D eigenvalue weighted by Gasteiger charge is 1.74. The van der Waals surface area contributed by atoms with Crippen molar-refractivity contribution in [2.75, 3.05) is 6.26 Å². The normalized spacial score (nSPS) is 7.44. The first-order valence-corrected chi connectivity index (χ1v) is 4.52. The number of thiol groups is 1. The molecule has 0 aliphatic heterocycles. The molecule has 0 radical (unpaired) electrons. The molecule has 0 unspecified atom stereocenters. The van der Waals surface area contributed by atoms with Crippen molar-refractivity contribution in [2.45, 2.75) is 0 Å². The lowest BCUT2D eigenvalue weighted by Crippen LogP contribution is -1.61. The zero-order chi connectivity index (χ0) is 7.11. The minimum Gasteiger partial charge on any atom is -0.183 e. The molecule has 0 amide bonds. The van der Waals surface area contributed by atoms with E-state index >= 15 is 0 Å².